The van der Waals surface area contributed by atoms with Crippen LogP contribution in [-0.2, 0) is 0 Å². The van der Waals surface area contributed by atoms with Crippen molar-refractivity contribution in [2.45, 2.75) is 25.8 Å². The van der Waals surface area contributed by atoms with Crippen LogP contribution < -0.4 is 5.73 Å². The van der Waals surface area contributed by atoms with Crippen molar-refractivity contribution < 1.29 is 0 Å². The third-order valence-corrected chi connectivity index (χ3v) is 4.59. The molecule has 1 heterocycles. The maximum atomic E-state index is 6.26. The fourth-order valence-corrected chi connectivity index (χ4v) is 3.27. The molecule has 0 spiro atoms. The van der Waals surface area contributed by atoms with Crippen molar-refractivity contribution in [1.82, 2.24) is 4.98 Å². The number of hydrogen-bond donors (Lipinski definition) is 1. The third kappa shape index (κ3) is 2.94. The van der Waals surface area contributed by atoms with Gasteiger partial charge in [-0.3, -0.25) is 0 Å². The lowest BCUT2D eigenvalue weighted by Gasteiger charge is -2.11. The second kappa shape index (κ2) is 5.70. The van der Waals surface area contributed by atoms with Gasteiger partial charge < -0.3 is 5.73 Å². The van der Waals surface area contributed by atoms with Crippen molar-refractivity contribution in [1.29, 1.82) is 0 Å². The molecule has 1 aromatic carbocycles. The molecule has 18 heavy (non-hydrogen) atoms. The predicted molar refractivity (Wildman–Crippen MR) is 81.4 cm³/mol. The number of nitrogens with two attached hydrogens (primary N) is 1. The number of halogens is 2. The van der Waals surface area contributed by atoms with Crippen LogP contribution in [0.2, 0.25) is 5.02 Å². The van der Waals surface area contributed by atoms with E-state index in [2.05, 4.69) is 40.1 Å². The summed E-state index contributed by atoms with van der Waals surface area (Å²) in [7, 11) is 0. The Bertz CT molecular complexity index is 554. The Morgan fingerprint density at radius 1 is 1.39 bits per heavy atom. The summed E-state index contributed by atoms with van der Waals surface area (Å²) in [6.07, 6.45) is 0. The molecule has 1 atom stereocenters. The van der Waals surface area contributed by atoms with E-state index in [1.807, 2.05) is 18.2 Å². The lowest BCUT2D eigenvalue weighted by Crippen LogP contribution is -2.12. The number of hydrogen-bond acceptors (Lipinski definition) is 3. The fourth-order valence-electron chi connectivity index (χ4n) is 1.59. The Balaban J connectivity index is 2.34. The summed E-state index contributed by atoms with van der Waals surface area (Å²) in [4.78, 5) is 4.59. The number of thiazole rings is 1. The Kier molecular flexibility index (Phi) is 4.43. The number of aromatic nitrogens is 1. The Morgan fingerprint density at radius 2 is 2.11 bits per heavy atom. The summed E-state index contributed by atoms with van der Waals surface area (Å²) in [6.45, 7) is 4.25. The van der Waals surface area contributed by atoms with Crippen molar-refractivity contribution in [2.24, 2.45) is 5.73 Å². The lowest BCUT2D eigenvalue weighted by atomic mass is 10.1. The fraction of sp³-hybridized carbons (Fsp3) is 0.308. The van der Waals surface area contributed by atoms with E-state index >= 15 is 0 Å². The molecule has 1 aromatic heterocycles. The van der Waals surface area contributed by atoms with Gasteiger partial charge in [0.2, 0.25) is 0 Å². The maximum Gasteiger partial charge on any atom is 0.114 e. The van der Waals surface area contributed by atoms with Gasteiger partial charge in [-0.1, -0.05) is 41.4 Å². The molecule has 2 rings (SSSR count). The highest BCUT2D eigenvalue weighted by Gasteiger charge is 2.17. The van der Waals surface area contributed by atoms with Gasteiger partial charge in [0.25, 0.3) is 0 Å². The average Bonchev–Trinajstić information content (AvgIpc) is 2.81. The first-order valence-electron chi connectivity index (χ1n) is 5.65. The van der Waals surface area contributed by atoms with Gasteiger partial charge in [-0.25, -0.2) is 4.98 Å². The quantitative estimate of drug-likeness (QED) is 0.873. The molecule has 2 aromatic rings. The molecule has 0 amide bonds. The standard InChI is InChI=1S/C13H14BrClN2S/c1-7(2)11-6-18-13(17-11)12(16)9-5-8(15)3-4-10(9)14/h3-7,12H,16H2,1-2H3. The summed E-state index contributed by atoms with van der Waals surface area (Å²) in [5.74, 6) is 0.421. The van der Waals surface area contributed by atoms with Gasteiger partial charge in [0, 0.05) is 14.9 Å². The minimum absolute atomic E-state index is 0.240. The minimum Gasteiger partial charge on any atom is -0.318 e. The molecule has 0 bridgehead atoms. The molecule has 96 valence electrons. The van der Waals surface area contributed by atoms with Crippen LogP contribution in [0.3, 0.4) is 0 Å². The highest BCUT2D eigenvalue weighted by atomic mass is 79.9. The van der Waals surface area contributed by atoms with E-state index < -0.39 is 0 Å². The molecule has 0 aliphatic rings. The topological polar surface area (TPSA) is 38.9 Å². The number of benzene rings is 1. The molecule has 5 heteroatoms. The number of rotatable bonds is 3. The maximum absolute atomic E-state index is 6.26. The first kappa shape index (κ1) is 14.0. The van der Waals surface area contributed by atoms with Crippen LogP contribution in [0.25, 0.3) is 0 Å². The van der Waals surface area contributed by atoms with E-state index in [9.17, 15) is 0 Å². The monoisotopic (exact) mass is 344 g/mol. The molecule has 0 radical (unpaired) electrons. The zero-order valence-corrected chi connectivity index (χ0v) is 13.3. The Morgan fingerprint density at radius 3 is 2.72 bits per heavy atom. The van der Waals surface area contributed by atoms with E-state index in [4.69, 9.17) is 17.3 Å². The van der Waals surface area contributed by atoms with Crippen molar-refractivity contribution in [3.63, 3.8) is 0 Å². The summed E-state index contributed by atoms with van der Waals surface area (Å²) < 4.78 is 0.959. The average molecular weight is 346 g/mol. The summed E-state index contributed by atoms with van der Waals surface area (Å²) in [5, 5.41) is 3.67. The van der Waals surface area contributed by atoms with Crippen molar-refractivity contribution in [3.05, 3.63) is 49.3 Å². The third-order valence-electron chi connectivity index (χ3n) is 2.69. The molecule has 0 saturated heterocycles. The molecular weight excluding hydrogens is 332 g/mol. The molecular formula is C13H14BrClN2S. The van der Waals surface area contributed by atoms with Gasteiger partial charge in [0.15, 0.2) is 0 Å². The van der Waals surface area contributed by atoms with E-state index in [1.165, 1.54) is 0 Å². The van der Waals surface area contributed by atoms with Gasteiger partial charge in [-0.05, 0) is 29.7 Å². The smallest absolute Gasteiger partial charge is 0.114 e. The van der Waals surface area contributed by atoms with E-state index in [0.29, 0.717) is 10.9 Å². The highest BCUT2D eigenvalue weighted by molar-refractivity contribution is 9.10. The largest absolute Gasteiger partial charge is 0.318 e. The molecule has 0 aliphatic heterocycles. The number of nitrogens with zero attached hydrogens (tertiary/aromatic N) is 1. The van der Waals surface area contributed by atoms with Crippen LogP contribution in [0.4, 0.5) is 0 Å². The van der Waals surface area contributed by atoms with Gasteiger partial charge in [-0.2, -0.15) is 0 Å². The first-order chi connectivity index (χ1) is 8.49. The molecule has 0 fully saturated rings. The van der Waals surface area contributed by atoms with E-state index in [1.54, 1.807) is 11.3 Å². The molecule has 1 unspecified atom stereocenters. The van der Waals surface area contributed by atoms with Crippen LogP contribution in [0, 0.1) is 0 Å². The lowest BCUT2D eigenvalue weighted by molar-refractivity contribution is 0.794. The van der Waals surface area contributed by atoms with Crippen molar-refractivity contribution in [3.8, 4) is 0 Å². The van der Waals surface area contributed by atoms with Gasteiger partial charge in [0.05, 0.1) is 11.7 Å². The van der Waals surface area contributed by atoms with Crippen LogP contribution >= 0.6 is 38.9 Å². The normalized spacial score (nSPS) is 13.0. The van der Waals surface area contributed by atoms with E-state index in [0.717, 1.165) is 20.7 Å². The predicted octanol–water partition coefficient (Wildman–Crippen LogP) is 4.73. The van der Waals surface area contributed by atoms with Crippen LogP contribution in [0.5, 0.6) is 0 Å². The van der Waals surface area contributed by atoms with E-state index in [-0.39, 0.29) is 6.04 Å². The SMILES string of the molecule is CC(C)c1csc(C(N)c2cc(Cl)ccc2Br)n1. The van der Waals surface area contributed by atoms with Crippen LogP contribution in [0.15, 0.2) is 28.1 Å². The molecule has 0 saturated carbocycles. The minimum atomic E-state index is -0.240. The summed E-state index contributed by atoms with van der Waals surface area (Å²) in [5.41, 5.74) is 8.31. The zero-order valence-electron chi connectivity index (χ0n) is 10.2. The molecule has 2 N–H and O–H groups in total. The van der Waals surface area contributed by atoms with Crippen LogP contribution in [0.1, 0.15) is 42.1 Å². The second-order valence-electron chi connectivity index (χ2n) is 4.41. The van der Waals surface area contributed by atoms with Crippen molar-refractivity contribution >= 4 is 38.9 Å². The second-order valence-corrected chi connectivity index (χ2v) is 6.59. The van der Waals surface area contributed by atoms with Crippen LogP contribution in [-0.4, -0.2) is 4.98 Å². The highest BCUT2D eigenvalue weighted by Crippen LogP contribution is 2.31. The van der Waals surface area contributed by atoms with Gasteiger partial charge in [-0.15, -0.1) is 11.3 Å². The van der Waals surface area contributed by atoms with Gasteiger partial charge >= 0.3 is 0 Å². The summed E-state index contributed by atoms with van der Waals surface area (Å²) >= 11 is 11.1. The molecule has 2 nitrogen and oxygen atoms in total. The van der Waals surface area contributed by atoms with Gasteiger partial charge in [0.1, 0.15) is 5.01 Å². The molecule has 0 aliphatic carbocycles. The Hall–Kier alpha value is -0.420. The summed E-state index contributed by atoms with van der Waals surface area (Å²) in [6, 6.07) is 5.39. The first-order valence-corrected chi connectivity index (χ1v) is 7.70. The Labute approximate surface area is 124 Å². The van der Waals surface area contributed by atoms with Crippen molar-refractivity contribution in [2.75, 3.05) is 0 Å². The zero-order chi connectivity index (χ0) is 13.3.